The van der Waals surface area contributed by atoms with Gasteiger partial charge in [0.05, 0.1) is 0 Å². The summed E-state index contributed by atoms with van der Waals surface area (Å²) < 4.78 is 0. The van der Waals surface area contributed by atoms with Crippen molar-refractivity contribution in [1.82, 2.24) is 0 Å². The molecule has 90 valence electrons. The van der Waals surface area contributed by atoms with Crippen LogP contribution in [0.5, 0.6) is 0 Å². The highest BCUT2D eigenvalue weighted by Gasteiger charge is 2.11. The molecule has 1 aromatic rings. The molecule has 1 amide bonds. The minimum absolute atomic E-state index is 0. The maximum absolute atomic E-state index is 11.6. The summed E-state index contributed by atoms with van der Waals surface area (Å²) in [6.45, 7) is 4.04. The maximum atomic E-state index is 11.6. The number of hydrogen-bond donors (Lipinski definition) is 2. The highest BCUT2D eigenvalue weighted by molar-refractivity contribution is 6.31. The van der Waals surface area contributed by atoms with Crippen LogP contribution in [0.4, 0.5) is 5.69 Å². The SMILES string of the molecule is Cc1ccc(Cl)cc1NC(=O)C(C)CN.Cl. The summed E-state index contributed by atoms with van der Waals surface area (Å²) in [6.07, 6.45) is 0. The average molecular weight is 263 g/mol. The second kappa shape index (κ2) is 6.74. The molecule has 0 aliphatic carbocycles. The van der Waals surface area contributed by atoms with E-state index in [4.69, 9.17) is 17.3 Å². The van der Waals surface area contributed by atoms with Crippen LogP contribution in [0, 0.1) is 12.8 Å². The molecule has 0 spiro atoms. The minimum Gasteiger partial charge on any atom is -0.330 e. The van der Waals surface area contributed by atoms with Gasteiger partial charge < -0.3 is 11.1 Å². The first kappa shape index (κ1) is 15.2. The first-order chi connectivity index (χ1) is 7.04. The average Bonchev–Trinajstić information content (AvgIpc) is 2.22. The van der Waals surface area contributed by atoms with Gasteiger partial charge in [-0.2, -0.15) is 0 Å². The van der Waals surface area contributed by atoms with Crippen molar-refractivity contribution in [1.29, 1.82) is 0 Å². The first-order valence-electron chi connectivity index (χ1n) is 4.81. The highest BCUT2D eigenvalue weighted by atomic mass is 35.5. The fourth-order valence-corrected chi connectivity index (χ4v) is 1.26. The summed E-state index contributed by atoms with van der Waals surface area (Å²) in [5.41, 5.74) is 7.13. The number of rotatable bonds is 3. The van der Waals surface area contributed by atoms with E-state index in [0.29, 0.717) is 11.6 Å². The Bertz CT molecular complexity index is 369. The molecule has 0 saturated heterocycles. The predicted molar refractivity (Wildman–Crippen MR) is 70.3 cm³/mol. The molecule has 3 nitrogen and oxygen atoms in total. The van der Waals surface area contributed by atoms with E-state index in [1.54, 1.807) is 19.1 Å². The Balaban J connectivity index is 0.00000225. The van der Waals surface area contributed by atoms with Gasteiger partial charge in [-0.25, -0.2) is 0 Å². The third-order valence-electron chi connectivity index (χ3n) is 2.26. The number of carbonyl (C=O) groups is 1. The molecule has 1 atom stereocenters. The van der Waals surface area contributed by atoms with Gasteiger partial charge in [0, 0.05) is 23.2 Å². The van der Waals surface area contributed by atoms with Crippen LogP contribution in [0.2, 0.25) is 5.02 Å². The van der Waals surface area contributed by atoms with Crippen molar-refractivity contribution in [3.8, 4) is 0 Å². The number of halogens is 2. The third-order valence-corrected chi connectivity index (χ3v) is 2.49. The van der Waals surface area contributed by atoms with Crippen molar-refractivity contribution in [2.45, 2.75) is 13.8 Å². The Hall–Kier alpha value is -0.770. The fraction of sp³-hybridized carbons (Fsp3) is 0.364. The first-order valence-corrected chi connectivity index (χ1v) is 5.19. The summed E-state index contributed by atoms with van der Waals surface area (Å²) in [6, 6.07) is 5.39. The standard InChI is InChI=1S/C11H15ClN2O.ClH/c1-7-3-4-9(12)5-10(7)14-11(15)8(2)6-13;/h3-5,8H,6,13H2,1-2H3,(H,14,15);1H. The number of hydrogen-bond acceptors (Lipinski definition) is 2. The molecule has 0 aliphatic heterocycles. The fourth-order valence-electron chi connectivity index (χ4n) is 1.09. The largest absolute Gasteiger partial charge is 0.330 e. The number of benzene rings is 1. The Morgan fingerprint density at radius 1 is 1.56 bits per heavy atom. The molecular weight excluding hydrogens is 247 g/mol. The van der Waals surface area contributed by atoms with Crippen LogP contribution < -0.4 is 11.1 Å². The van der Waals surface area contributed by atoms with Crippen LogP contribution >= 0.6 is 24.0 Å². The zero-order chi connectivity index (χ0) is 11.4. The van der Waals surface area contributed by atoms with Crippen molar-refractivity contribution in [2.24, 2.45) is 11.7 Å². The second-order valence-electron chi connectivity index (χ2n) is 3.59. The molecule has 1 unspecified atom stereocenters. The van der Waals surface area contributed by atoms with E-state index in [2.05, 4.69) is 5.32 Å². The van der Waals surface area contributed by atoms with E-state index in [0.717, 1.165) is 11.3 Å². The molecular formula is C11H16Cl2N2O. The monoisotopic (exact) mass is 262 g/mol. The molecule has 0 fully saturated rings. The lowest BCUT2D eigenvalue weighted by Crippen LogP contribution is -2.26. The Morgan fingerprint density at radius 2 is 2.19 bits per heavy atom. The summed E-state index contributed by atoms with van der Waals surface area (Å²) in [5.74, 6) is -0.272. The van der Waals surface area contributed by atoms with E-state index in [9.17, 15) is 4.79 Å². The van der Waals surface area contributed by atoms with E-state index in [1.165, 1.54) is 0 Å². The van der Waals surface area contributed by atoms with Crippen molar-refractivity contribution in [3.05, 3.63) is 28.8 Å². The molecule has 0 saturated carbocycles. The van der Waals surface area contributed by atoms with Gasteiger partial charge in [-0.05, 0) is 24.6 Å². The van der Waals surface area contributed by atoms with Crippen LogP contribution in [-0.2, 0) is 4.79 Å². The van der Waals surface area contributed by atoms with E-state index >= 15 is 0 Å². The van der Waals surface area contributed by atoms with Crippen molar-refractivity contribution < 1.29 is 4.79 Å². The quantitative estimate of drug-likeness (QED) is 0.880. The predicted octanol–water partition coefficient (Wildman–Crippen LogP) is 2.60. The number of amides is 1. The number of anilines is 1. The Morgan fingerprint density at radius 3 is 2.75 bits per heavy atom. The molecule has 5 heteroatoms. The van der Waals surface area contributed by atoms with Gasteiger partial charge in [-0.3, -0.25) is 4.79 Å². The zero-order valence-corrected chi connectivity index (χ0v) is 10.9. The van der Waals surface area contributed by atoms with Gasteiger partial charge in [0.2, 0.25) is 5.91 Å². The highest BCUT2D eigenvalue weighted by Crippen LogP contribution is 2.20. The van der Waals surface area contributed by atoms with Gasteiger partial charge in [-0.1, -0.05) is 24.6 Å². The molecule has 0 aromatic heterocycles. The van der Waals surface area contributed by atoms with Gasteiger partial charge in [0.15, 0.2) is 0 Å². The summed E-state index contributed by atoms with van der Waals surface area (Å²) in [4.78, 5) is 11.6. The molecule has 1 rings (SSSR count). The summed E-state index contributed by atoms with van der Waals surface area (Å²) in [5, 5.41) is 3.41. The lowest BCUT2D eigenvalue weighted by atomic mass is 10.1. The van der Waals surface area contributed by atoms with Gasteiger partial charge >= 0.3 is 0 Å². The summed E-state index contributed by atoms with van der Waals surface area (Å²) >= 11 is 5.84. The van der Waals surface area contributed by atoms with Gasteiger partial charge in [0.25, 0.3) is 0 Å². The van der Waals surface area contributed by atoms with Gasteiger partial charge in [-0.15, -0.1) is 12.4 Å². The number of carbonyl (C=O) groups excluding carboxylic acids is 1. The normalized spacial score (nSPS) is 11.5. The maximum Gasteiger partial charge on any atom is 0.228 e. The molecule has 16 heavy (non-hydrogen) atoms. The van der Waals surface area contributed by atoms with E-state index in [-0.39, 0.29) is 24.2 Å². The molecule has 3 N–H and O–H groups in total. The number of aryl methyl sites for hydroxylation is 1. The van der Waals surface area contributed by atoms with Crippen molar-refractivity contribution in [3.63, 3.8) is 0 Å². The van der Waals surface area contributed by atoms with Gasteiger partial charge in [0.1, 0.15) is 0 Å². The second-order valence-corrected chi connectivity index (χ2v) is 4.02. The lowest BCUT2D eigenvalue weighted by Gasteiger charge is -2.12. The molecule has 0 aliphatic rings. The van der Waals surface area contributed by atoms with Crippen LogP contribution in [0.15, 0.2) is 18.2 Å². The smallest absolute Gasteiger partial charge is 0.228 e. The molecule has 0 bridgehead atoms. The van der Waals surface area contributed by atoms with Crippen LogP contribution in [0.1, 0.15) is 12.5 Å². The van der Waals surface area contributed by atoms with Crippen LogP contribution in [0.3, 0.4) is 0 Å². The third kappa shape index (κ3) is 4.00. The summed E-state index contributed by atoms with van der Waals surface area (Å²) in [7, 11) is 0. The Labute approximate surface area is 107 Å². The molecule has 0 radical (unpaired) electrons. The van der Waals surface area contributed by atoms with Crippen molar-refractivity contribution in [2.75, 3.05) is 11.9 Å². The Kier molecular flexibility index (Phi) is 6.41. The van der Waals surface area contributed by atoms with Crippen molar-refractivity contribution >= 4 is 35.6 Å². The number of nitrogens with two attached hydrogens (primary N) is 1. The minimum atomic E-state index is -0.191. The van der Waals surface area contributed by atoms with Crippen LogP contribution in [-0.4, -0.2) is 12.5 Å². The lowest BCUT2D eigenvalue weighted by molar-refractivity contribution is -0.119. The molecule has 1 aromatic carbocycles. The van der Waals surface area contributed by atoms with E-state index in [1.807, 2.05) is 13.0 Å². The van der Waals surface area contributed by atoms with Crippen LogP contribution in [0.25, 0.3) is 0 Å². The topological polar surface area (TPSA) is 55.1 Å². The number of nitrogens with one attached hydrogen (secondary N) is 1. The molecule has 0 heterocycles. The zero-order valence-electron chi connectivity index (χ0n) is 9.29. The van der Waals surface area contributed by atoms with E-state index < -0.39 is 0 Å².